The van der Waals surface area contributed by atoms with Crippen LogP contribution in [0, 0.1) is 6.92 Å². The number of carbonyl (C=O) groups is 1. The molecule has 29 heavy (non-hydrogen) atoms. The van der Waals surface area contributed by atoms with Crippen LogP contribution in [0.25, 0.3) is 5.57 Å². The average molecular weight is 389 g/mol. The van der Waals surface area contributed by atoms with Gasteiger partial charge in [0.1, 0.15) is 11.5 Å². The van der Waals surface area contributed by atoms with Crippen LogP contribution in [0.4, 0.5) is 0 Å². The Morgan fingerprint density at radius 1 is 1.21 bits per heavy atom. The SMILES string of the molecule is Cc1ccc2c(n1)CC=C2/C=C1\Oc2c(ccc(O)c2CN2CCNCC2)C1=O. The first-order valence-corrected chi connectivity index (χ1v) is 9.99. The third kappa shape index (κ3) is 3.24. The van der Waals surface area contributed by atoms with Gasteiger partial charge in [-0.3, -0.25) is 14.7 Å². The van der Waals surface area contributed by atoms with E-state index in [1.807, 2.05) is 19.1 Å². The van der Waals surface area contributed by atoms with E-state index in [4.69, 9.17) is 4.74 Å². The van der Waals surface area contributed by atoms with Crippen molar-refractivity contribution in [1.82, 2.24) is 15.2 Å². The molecular weight excluding hydrogens is 366 g/mol. The molecule has 2 N–H and O–H groups in total. The minimum atomic E-state index is -0.143. The summed E-state index contributed by atoms with van der Waals surface area (Å²) >= 11 is 0. The number of hydrogen-bond acceptors (Lipinski definition) is 6. The molecule has 148 valence electrons. The van der Waals surface area contributed by atoms with Crippen LogP contribution in [-0.2, 0) is 13.0 Å². The minimum absolute atomic E-state index is 0.143. The normalized spacial score (nSPS) is 19.8. The second-order valence-corrected chi connectivity index (χ2v) is 7.72. The lowest BCUT2D eigenvalue weighted by molar-refractivity contribution is 0.101. The standard InChI is InChI=1S/C23H23N3O3/c1-14-2-4-16-15(3-6-19(16)25-14)12-21-22(28)17-5-7-20(27)18(23(17)29-21)13-26-10-8-24-9-11-26/h2-5,7,12,24,27H,6,8-11,13H2,1H3/b21-12-. The molecule has 1 aromatic heterocycles. The van der Waals surface area contributed by atoms with E-state index in [0.29, 0.717) is 29.2 Å². The van der Waals surface area contributed by atoms with Gasteiger partial charge < -0.3 is 15.2 Å². The van der Waals surface area contributed by atoms with Crippen LogP contribution in [0.2, 0.25) is 0 Å². The average Bonchev–Trinajstić information content (AvgIpc) is 3.26. The zero-order chi connectivity index (χ0) is 20.0. The van der Waals surface area contributed by atoms with Crippen LogP contribution >= 0.6 is 0 Å². The molecule has 6 nitrogen and oxygen atoms in total. The van der Waals surface area contributed by atoms with E-state index in [2.05, 4.69) is 21.3 Å². The summed E-state index contributed by atoms with van der Waals surface area (Å²) in [5.41, 5.74) is 5.20. The maximum absolute atomic E-state index is 13.0. The smallest absolute Gasteiger partial charge is 0.231 e. The Labute approximate surface area is 169 Å². The Morgan fingerprint density at radius 3 is 2.83 bits per heavy atom. The number of phenols is 1. The second-order valence-electron chi connectivity index (χ2n) is 7.72. The molecule has 1 saturated heterocycles. The number of benzene rings is 1. The van der Waals surface area contributed by atoms with Crippen molar-refractivity contribution in [3.05, 3.63) is 70.3 Å². The van der Waals surface area contributed by atoms with Gasteiger partial charge in [0, 0.05) is 50.4 Å². The number of ketones is 1. The number of fused-ring (bicyclic) bond motifs is 2. The number of nitrogens with one attached hydrogen (secondary N) is 1. The van der Waals surface area contributed by atoms with E-state index in [0.717, 1.165) is 55.1 Å². The topological polar surface area (TPSA) is 74.7 Å². The molecule has 2 aliphatic heterocycles. The van der Waals surface area contributed by atoms with E-state index in [1.165, 1.54) is 0 Å². The van der Waals surface area contributed by atoms with Crippen LogP contribution in [-0.4, -0.2) is 47.0 Å². The summed E-state index contributed by atoms with van der Waals surface area (Å²) in [5.74, 6) is 0.810. The molecule has 1 aliphatic carbocycles. The van der Waals surface area contributed by atoms with Crippen LogP contribution in [0.1, 0.15) is 32.9 Å². The van der Waals surface area contributed by atoms with Gasteiger partial charge in [0.05, 0.1) is 16.8 Å². The quantitative estimate of drug-likeness (QED) is 0.786. The van der Waals surface area contributed by atoms with Crippen LogP contribution in [0.15, 0.2) is 42.2 Å². The van der Waals surface area contributed by atoms with E-state index < -0.39 is 0 Å². The number of hydrogen-bond donors (Lipinski definition) is 2. The highest BCUT2D eigenvalue weighted by atomic mass is 16.5. The van der Waals surface area contributed by atoms with Crippen LogP contribution < -0.4 is 10.1 Å². The van der Waals surface area contributed by atoms with Crippen molar-refractivity contribution < 1.29 is 14.6 Å². The Hall–Kier alpha value is -2.96. The first-order valence-electron chi connectivity index (χ1n) is 9.99. The second kappa shape index (κ2) is 7.13. The number of aromatic hydroxyl groups is 1. The molecule has 0 bridgehead atoms. The summed E-state index contributed by atoms with van der Waals surface area (Å²) < 4.78 is 6.02. The fourth-order valence-corrected chi connectivity index (χ4v) is 4.17. The summed E-state index contributed by atoms with van der Waals surface area (Å²) in [4.78, 5) is 19.8. The lowest BCUT2D eigenvalue weighted by atomic mass is 10.0. The predicted molar refractivity (Wildman–Crippen MR) is 110 cm³/mol. The van der Waals surface area contributed by atoms with Gasteiger partial charge in [0.2, 0.25) is 5.78 Å². The number of Topliss-reactive ketones (excluding diaryl/α,β-unsaturated/α-hetero) is 1. The predicted octanol–water partition coefficient (Wildman–Crippen LogP) is 2.60. The molecule has 2 aromatic rings. The Balaban J connectivity index is 1.45. The number of pyridine rings is 1. The molecule has 0 saturated carbocycles. The molecule has 0 spiro atoms. The summed E-state index contributed by atoms with van der Waals surface area (Å²) in [6.07, 6.45) is 4.63. The zero-order valence-corrected chi connectivity index (χ0v) is 16.4. The molecule has 1 fully saturated rings. The van der Waals surface area contributed by atoms with E-state index in [9.17, 15) is 9.90 Å². The van der Waals surface area contributed by atoms with E-state index in [1.54, 1.807) is 18.2 Å². The molecule has 1 aromatic carbocycles. The summed E-state index contributed by atoms with van der Waals surface area (Å²) in [6, 6.07) is 7.27. The highest BCUT2D eigenvalue weighted by Crippen LogP contribution is 2.41. The van der Waals surface area contributed by atoms with Crippen molar-refractivity contribution in [2.75, 3.05) is 26.2 Å². The molecule has 3 aliphatic rings. The number of allylic oxidation sites excluding steroid dienone is 4. The maximum atomic E-state index is 13.0. The zero-order valence-electron chi connectivity index (χ0n) is 16.4. The Morgan fingerprint density at radius 2 is 2.00 bits per heavy atom. The minimum Gasteiger partial charge on any atom is -0.507 e. The van der Waals surface area contributed by atoms with Crippen LogP contribution in [0.5, 0.6) is 11.5 Å². The first-order chi connectivity index (χ1) is 14.1. The van der Waals surface area contributed by atoms with Gasteiger partial charge in [0.25, 0.3) is 0 Å². The number of aromatic nitrogens is 1. The number of ether oxygens (including phenoxy) is 1. The van der Waals surface area contributed by atoms with Crippen molar-refractivity contribution in [3.63, 3.8) is 0 Å². The third-order valence-corrected chi connectivity index (χ3v) is 5.73. The number of rotatable bonds is 3. The fraction of sp³-hybridized carbons (Fsp3) is 0.304. The van der Waals surface area contributed by atoms with Crippen LogP contribution in [0.3, 0.4) is 0 Å². The number of aryl methyl sites for hydroxylation is 1. The third-order valence-electron chi connectivity index (χ3n) is 5.73. The van der Waals surface area contributed by atoms with Gasteiger partial charge in [-0.05, 0) is 36.8 Å². The molecule has 0 amide bonds. The molecular formula is C23H23N3O3. The number of nitrogens with zero attached hydrogens (tertiary/aromatic N) is 2. The fourth-order valence-electron chi connectivity index (χ4n) is 4.17. The van der Waals surface area contributed by atoms with Gasteiger partial charge in [0.15, 0.2) is 5.76 Å². The van der Waals surface area contributed by atoms with Gasteiger partial charge in [-0.15, -0.1) is 0 Å². The maximum Gasteiger partial charge on any atom is 0.231 e. The van der Waals surface area contributed by atoms with Crippen molar-refractivity contribution in [2.24, 2.45) is 0 Å². The monoisotopic (exact) mass is 389 g/mol. The number of carbonyl (C=O) groups excluding carboxylic acids is 1. The molecule has 0 unspecified atom stereocenters. The lowest BCUT2D eigenvalue weighted by Crippen LogP contribution is -2.42. The highest BCUT2D eigenvalue weighted by Gasteiger charge is 2.32. The number of piperazine rings is 1. The summed E-state index contributed by atoms with van der Waals surface area (Å²) in [7, 11) is 0. The Kier molecular flexibility index (Phi) is 4.45. The molecule has 3 heterocycles. The molecule has 5 rings (SSSR count). The summed E-state index contributed by atoms with van der Waals surface area (Å²) in [6.45, 7) is 6.17. The van der Waals surface area contributed by atoms with Gasteiger partial charge in [-0.1, -0.05) is 12.1 Å². The van der Waals surface area contributed by atoms with Gasteiger partial charge in [-0.25, -0.2) is 0 Å². The highest BCUT2D eigenvalue weighted by molar-refractivity contribution is 6.14. The van der Waals surface area contributed by atoms with E-state index in [-0.39, 0.29) is 11.5 Å². The molecule has 0 radical (unpaired) electrons. The van der Waals surface area contributed by atoms with Crippen molar-refractivity contribution in [3.8, 4) is 11.5 Å². The molecule has 6 heteroatoms. The van der Waals surface area contributed by atoms with Gasteiger partial charge >= 0.3 is 0 Å². The molecule has 0 atom stereocenters. The Bertz CT molecular complexity index is 1070. The van der Waals surface area contributed by atoms with Crippen molar-refractivity contribution in [1.29, 1.82) is 0 Å². The summed E-state index contributed by atoms with van der Waals surface area (Å²) in [5, 5.41) is 13.8. The van der Waals surface area contributed by atoms with E-state index >= 15 is 0 Å². The lowest BCUT2D eigenvalue weighted by Gasteiger charge is -2.27. The van der Waals surface area contributed by atoms with Crippen molar-refractivity contribution >= 4 is 11.4 Å². The largest absolute Gasteiger partial charge is 0.507 e. The number of phenolic OH excluding ortho intramolecular Hbond substituents is 1. The first kappa shape index (κ1) is 18.1. The van der Waals surface area contributed by atoms with Crippen molar-refractivity contribution in [2.45, 2.75) is 19.9 Å². The van der Waals surface area contributed by atoms with Gasteiger partial charge in [-0.2, -0.15) is 0 Å².